The number of nitrogens with one attached hydrogen (secondary N) is 3. The van der Waals surface area contributed by atoms with Crippen molar-refractivity contribution in [2.75, 3.05) is 13.1 Å². The zero-order chi connectivity index (χ0) is 14.4. The fraction of sp³-hybridized carbons (Fsp3) is 0.692. The van der Waals surface area contributed by atoms with E-state index in [4.69, 9.17) is 4.74 Å². The highest BCUT2D eigenvalue weighted by Gasteiger charge is 2.43. The van der Waals surface area contributed by atoms with Crippen LogP contribution in [-0.4, -0.2) is 55.0 Å². The zero-order valence-corrected chi connectivity index (χ0v) is 11.5. The number of carbonyl (C=O) groups is 1. The highest BCUT2D eigenvalue weighted by Crippen LogP contribution is 2.29. The van der Waals surface area contributed by atoms with Crippen LogP contribution in [0.25, 0.3) is 0 Å². The van der Waals surface area contributed by atoms with Gasteiger partial charge in [0, 0.05) is 43.3 Å². The fourth-order valence-electron chi connectivity index (χ4n) is 3.55. The van der Waals surface area contributed by atoms with Gasteiger partial charge in [0.2, 0.25) is 6.42 Å². The smallest absolute Gasteiger partial charge is 0.411 e. The summed E-state index contributed by atoms with van der Waals surface area (Å²) in [5.74, 6) is -0.249. The molecule has 3 saturated heterocycles. The summed E-state index contributed by atoms with van der Waals surface area (Å²) in [6.45, 7) is 1.60. The number of hydrogen-bond donors (Lipinski definition) is 3. The first-order chi connectivity index (χ1) is 10.2. The Morgan fingerprint density at radius 3 is 2.90 bits per heavy atom. The number of fused-ring (bicyclic) bond motifs is 3. The molecule has 21 heavy (non-hydrogen) atoms. The number of nitrogens with zero attached hydrogens (tertiary/aromatic N) is 2. The lowest BCUT2D eigenvalue weighted by Crippen LogP contribution is -2.59. The Labute approximate surface area is 121 Å². The van der Waals surface area contributed by atoms with Gasteiger partial charge in [0.15, 0.2) is 6.23 Å². The van der Waals surface area contributed by atoms with E-state index in [1.54, 1.807) is 12.4 Å². The maximum atomic E-state index is 13.6. The minimum Gasteiger partial charge on any atom is -0.429 e. The van der Waals surface area contributed by atoms with Gasteiger partial charge in [-0.15, -0.1) is 0 Å². The van der Waals surface area contributed by atoms with Gasteiger partial charge in [-0.1, -0.05) is 0 Å². The summed E-state index contributed by atoms with van der Waals surface area (Å²) in [5.41, 5.74) is 0.641. The quantitative estimate of drug-likeness (QED) is 0.588. The minimum atomic E-state index is -1.44. The molecule has 114 valence electrons. The third-order valence-corrected chi connectivity index (χ3v) is 4.57. The van der Waals surface area contributed by atoms with E-state index in [2.05, 4.69) is 20.9 Å². The molecule has 4 rings (SSSR count). The minimum absolute atomic E-state index is 0.186. The van der Waals surface area contributed by atoms with Crippen molar-refractivity contribution >= 4 is 12.3 Å². The molecule has 7 nitrogen and oxygen atoms in total. The van der Waals surface area contributed by atoms with Crippen LogP contribution in [0.5, 0.6) is 0 Å². The van der Waals surface area contributed by atoms with Gasteiger partial charge in [0.1, 0.15) is 0 Å². The second kappa shape index (κ2) is 4.96. The van der Waals surface area contributed by atoms with E-state index in [1.807, 2.05) is 4.90 Å². The Balaban J connectivity index is 1.46. The number of piperazine rings is 1. The molecule has 0 radical (unpaired) electrons. The van der Waals surface area contributed by atoms with E-state index >= 15 is 0 Å². The van der Waals surface area contributed by atoms with Crippen molar-refractivity contribution in [3.05, 3.63) is 11.9 Å². The first-order valence-electron chi connectivity index (χ1n) is 7.32. The molecule has 0 aromatic carbocycles. The summed E-state index contributed by atoms with van der Waals surface area (Å²) in [6, 6.07) is 0.373. The van der Waals surface area contributed by atoms with Crippen LogP contribution < -0.4 is 16.0 Å². The van der Waals surface area contributed by atoms with E-state index in [9.17, 15) is 9.18 Å². The molecular weight excluding hydrogens is 277 g/mol. The average Bonchev–Trinajstić information content (AvgIpc) is 3.01. The Kier molecular flexibility index (Phi) is 3.07. The Bertz CT molecular complexity index is 495. The summed E-state index contributed by atoms with van der Waals surface area (Å²) in [6.07, 6.45) is 2.68. The molecule has 4 heterocycles. The van der Waals surface area contributed by atoms with Gasteiger partial charge in [-0.25, -0.2) is 14.5 Å². The van der Waals surface area contributed by atoms with E-state index in [0.717, 1.165) is 25.9 Å². The first kappa shape index (κ1) is 13.0. The highest BCUT2D eigenvalue weighted by atomic mass is 19.1. The molecule has 0 spiro atoms. The highest BCUT2D eigenvalue weighted by molar-refractivity contribution is 5.73. The van der Waals surface area contributed by atoms with Crippen LogP contribution in [0, 0.1) is 5.92 Å². The molecule has 1 amide bonds. The van der Waals surface area contributed by atoms with Crippen molar-refractivity contribution in [3.8, 4) is 0 Å². The molecule has 3 fully saturated rings. The predicted octanol–water partition coefficient (Wildman–Crippen LogP) is -0.127. The number of hydrogen-bond acceptors (Lipinski definition) is 6. The second-order valence-corrected chi connectivity index (χ2v) is 5.84. The van der Waals surface area contributed by atoms with Crippen molar-refractivity contribution in [2.24, 2.45) is 10.9 Å². The standard InChI is InChI=1S/C13H18FN5O2/c14-12-17-10-6-16-5-9(10)11(18-12)21-13(20)19-7-1-2-8(19)4-15-3-7/h5-9,11-12,15,17-18H,1-4H2/t7?,8?,9?,11?,12-/m1/s1. The monoisotopic (exact) mass is 295 g/mol. The predicted molar refractivity (Wildman–Crippen MR) is 73.0 cm³/mol. The summed E-state index contributed by atoms with van der Waals surface area (Å²) < 4.78 is 19.1. The third-order valence-electron chi connectivity index (χ3n) is 4.57. The maximum absolute atomic E-state index is 13.6. The molecule has 0 aliphatic carbocycles. The molecule has 0 aromatic rings. The molecule has 2 bridgehead atoms. The van der Waals surface area contributed by atoms with Crippen molar-refractivity contribution in [1.29, 1.82) is 0 Å². The van der Waals surface area contributed by atoms with Gasteiger partial charge in [-0.2, -0.15) is 0 Å². The van der Waals surface area contributed by atoms with Crippen molar-refractivity contribution in [2.45, 2.75) is 37.6 Å². The molecule has 0 aromatic heterocycles. The van der Waals surface area contributed by atoms with Crippen LogP contribution >= 0.6 is 0 Å². The summed E-state index contributed by atoms with van der Waals surface area (Å²) in [7, 11) is 0. The Morgan fingerprint density at radius 2 is 2.14 bits per heavy atom. The van der Waals surface area contributed by atoms with Crippen molar-refractivity contribution in [1.82, 2.24) is 20.9 Å². The van der Waals surface area contributed by atoms with Crippen molar-refractivity contribution < 1.29 is 13.9 Å². The van der Waals surface area contributed by atoms with Crippen LogP contribution in [0.4, 0.5) is 9.18 Å². The number of amides is 1. The average molecular weight is 295 g/mol. The molecule has 4 unspecified atom stereocenters. The lowest BCUT2D eigenvalue weighted by Gasteiger charge is -2.38. The van der Waals surface area contributed by atoms with E-state index < -0.39 is 12.6 Å². The van der Waals surface area contributed by atoms with Gasteiger partial charge in [0.05, 0.1) is 5.92 Å². The number of alkyl halides is 1. The van der Waals surface area contributed by atoms with Crippen LogP contribution in [0.15, 0.2) is 16.9 Å². The molecule has 8 heteroatoms. The number of aliphatic imine (C=N–C) groups is 1. The van der Waals surface area contributed by atoms with Gasteiger partial charge in [-0.3, -0.25) is 9.89 Å². The molecule has 5 atom stereocenters. The molecule has 0 saturated carbocycles. The fourth-order valence-corrected chi connectivity index (χ4v) is 3.55. The number of halogens is 1. The maximum Gasteiger partial charge on any atom is 0.411 e. The lowest BCUT2D eigenvalue weighted by atomic mass is 10.1. The summed E-state index contributed by atoms with van der Waals surface area (Å²) >= 11 is 0. The number of carbonyl (C=O) groups excluding carboxylic acids is 1. The van der Waals surface area contributed by atoms with Gasteiger partial charge in [0.25, 0.3) is 0 Å². The number of ether oxygens (including phenoxy) is 1. The topological polar surface area (TPSA) is 78.0 Å². The molecule has 3 N–H and O–H groups in total. The Morgan fingerprint density at radius 1 is 1.38 bits per heavy atom. The van der Waals surface area contributed by atoms with Gasteiger partial charge < -0.3 is 15.4 Å². The SMILES string of the molecule is O=C(OC1N[C@H](F)NC2=CN=CC21)N1C2CCC1CNC2. The lowest BCUT2D eigenvalue weighted by molar-refractivity contribution is -0.0111. The second-order valence-electron chi connectivity index (χ2n) is 5.84. The molecule has 4 aliphatic heterocycles. The van der Waals surface area contributed by atoms with Crippen LogP contribution in [-0.2, 0) is 4.74 Å². The van der Waals surface area contributed by atoms with Gasteiger partial charge in [-0.05, 0) is 12.8 Å². The largest absolute Gasteiger partial charge is 0.429 e. The third kappa shape index (κ3) is 2.18. The summed E-state index contributed by atoms with van der Waals surface area (Å²) in [4.78, 5) is 18.3. The van der Waals surface area contributed by atoms with Gasteiger partial charge >= 0.3 is 6.09 Å². The van der Waals surface area contributed by atoms with Crippen molar-refractivity contribution in [3.63, 3.8) is 0 Å². The molecular formula is C13H18FN5O2. The van der Waals surface area contributed by atoms with Crippen LogP contribution in [0.1, 0.15) is 12.8 Å². The Hall–Kier alpha value is -1.67. The number of rotatable bonds is 1. The van der Waals surface area contributed by atoms with E-state index in [-0.39, 0.29) is 24.1 Å². The molecule has 4 aliphatic rings. The zero-order valence-electron chi connectivity index (χ0n) is 11.5. The van der Waals surface area contributed by atoms with E-state index in [1.165, 1.54) is 0 Å². The van der Waals surface area contributed by atoms with Crippen LogP contribution in [0.2, 0.25) is 0 Å². The normalized spacial score (nSPS) is 40.5. The summed E-state index contributed by atoms with van der Waals surface area (Å²) in [5, 5.41) is 8.56. The first-order valence-corrected chi connectivity index (χ1v) is 7.32. The van der Waals surface area contributed by atoms with Crippen LogP contribution in [0.3, 0.4) is 0 Å². The van der Waals surface area contributed by atoms with E-state index in [0.29, 0.717) is 5.70 Å².